The number of carbonyl (C=O) groups is 1. The van der Waals surface area contributed by atoms with Gasteiger partial charge in [0.2, 0.25) is 0 Å². The molecule has 15 heteroatoms. The van der Waals surface area contributed by atoms with Crippen LogP contribution in [0.5, 0.6) is 11.5 Å². The fraction of sp³-hybridized carbons (Fsp3) is 0.279. The number of likely N-dealkylation sites (N-methyl/N-ethyl adjacent to an activating group) is 1. The van der Waals surface area contributed by atoms with Crippen LogP contribution in [0, 0.1) is 25.5 Å². The number of nitrogen functional groups attached to an aromatic ring is 1. The lowest BCUT2D eigenvalue weighted by atomic mass is 10.1. The van der Waals surface area contributed by atoms with Crippen LogP contribution >= 0.6 is 11.3 Å². The first-order chi connectivity index (χ1) is 27.8. The van der Waals surface area contributed by atoms with E-state index in [1.54, 1.807) is 51.5 Å². The van der Waals surface area contributed by atoms with E-state index in [-0.39, 0.29) is 21.8 Å². The molecule has 2 aromatic heterocycles. The zero-order valence-electron chi connectivity index (χ0n) is 33.6. The molecule has 12 nitrogen and oxygen atoms in total. The van der Waals surface area contributed by atoms with Crippen molar-refractivity contribution in [2.45, 2.75) is 33.9 Å². The van der Waals surface area contributed by atoms with E-state index in [0.717, 1.165) is 39.3 Å². The highest BCUT2D eigenvalue weighted by Gasteiger charge is 2.26. The van der Waals surface area contributed by atoms with E-state index >= 15 is 8.78 Å². The minimum Gasteiger partial charge on any atom is -0.496 e. The molecular weight excluding hydrogens is 767 g/mol. The van der Waals surface area contributed by atoms with Crippen LogP contribution in [0.4, 0.5) is 25.0 Å². The number of nitrogens with one attached hydrogen (secondary N) is 2. The highest BCUT2D eigenvalue weighted by atomic mass is 32.1. The number of thiophene rings is 1. The number of rotatable bonds is 13. The number of urea groups is 1. The van der Waals surface area contributed by atoms with Gasteiger partial charge in [-0.1, -0.05) is 18.2 Å². The van der Waals surface area contributed by atoms with E-state index in [1.165, 1.54) is 29.1 Å². The second-order valence-corrected chi connectivity index (χ2v) is 14.5. The molecule has 4 N–H and O–H groups in total. The number of halogens is 2. The summed E-state index contributed by atoms with van der Waals surface area (Å²) in [4.78, 5) is 43.9. The van der Waals surface area contributed by atoms with E-state index in [0.29, 0.717) is 59.4 Å². The van der Waals surface area contributed by atoms with Crippen molar-refractivity contribution < 1.29 is 27.8 Å². The third kappa shape index (κ3) is 9.73. The van der Waals surface area contributed by atoms with Crippen LogP contribution in [0.2, 0.25) is 0 Å². The molecule has 2 heterocycles. The van der Waals surface area contributed by atoms with Gasteiger partial charge in [-0.2, -0.15) is 0 Å². The molecular formula is C43H48F2N6O6S. The van der Waals surface area contributed by atoms with Crippen LogP contribution < -0.4 is 37.1 Å². The second-order valence-electron chi connectivity index (χ2n) is 13.5. The molecule has 0 fully saturated rings. The van der Waals surface area contributed by atoms with E-state index < -0.39 is 29.4 Å². The number of benzene rings is 4. The Morgan fingerprint density at radius 1 is 0.879 bits per heavy atom. The lowest BCUT2D eigenvalue weighted by molar-refractivity contribution is 0.159. The number of methoxy groups -OCH3 is 3. The van der Waals surface area contributed by atoms with Crippen molar-refractivity contribution in [2.75, 3.05) is 59.1 Å². The molecule has 0 unspecified atom stereocenters. The minimum atomic E-state index is -0.806. The Morgan fingerprint density at radius 3 is 2.10 bits per heavy atom. The van der Waals surface area contributed by atoms with Crippen LogP contribution in [0.1, 0.15) is 29.2 Å². The molecule has 0 saturated heterocycles. The summed E-state index contributed by atoms with van der Waals surface area (Å²) in [6, 6.07) is 20.8. The highest BCUT2D eigenvalue weighted by molar-refractivity contribution is 7.22. The summed E-state index contributed by atoms with van der Waals surface area (Å²) in [6.07, 6.45) is 0. The van der Waals surface area contributed by atoms with Gasteiger partial charge >= 0.3 is 11.7 Å². The highest BCUT2D eigenvalue weighted by Crippen LogP contribution is 2.39. The van der Waals surface area contributed by atoms with Gasteiger partial charge in [-0.3, -0.25) is 14.3 Å². The number of ether oxygens (including phenoxy) is 3. The lowest BCUT2D eigenvalue weighted by Crippen LogP contribution is -2.39. The quantitative estimate of drug-likeness (QED) is 0.103. The smallest absolute Gasteiger partial charge is 0.337 e. The fourth-order valence-electron chi connectivity index (χ4n) is 6.40. The molecule has 2 amide bonds. The molecule has 0 radical (unpaired) electrons. The predicted molar refractivity (Wildman–Crippen MR) is 227 cm³/mol. The zero-order valence-corrected chi connectivity index (χ0v) is 34.4. The van der Waals surface area contributed by atoms with Crippen molar-refractivity contribution in [2.24, 2.45) is 0 Å². The SMILES string of the molecule is CCNC(=O)Nc1ccc(-c2sc3c(c2CN(C)CCOC)c(=O)n(-c2ccc(OC)c(C)c2)c(=O)n3Cc2c(F)cccc2F)cc1.COc1ccc(N)cc1C. The Morgan fingerprint density at radius 2 is 1.52 bits per heavy atom. The Kier molecular flexibility index (Phi) is 14.4. The zero-order chi connectivity index (χ0) is 42.1. The number of hydrogen-bond donors (Lipinski definition) is 3. The molecule has 0 spiro atoms. The third-order valence-electron chi connectivity index (χ3n) is 9.35. The summed E-state index contributed by atoms with van der Waals surface area (Å²) in [5, 5.41) is 5.72. The molecule has 58 heavy (non-hydrogen) atoms. The van der Waals surface area contributed by atoms with Crippen LogP contribution in [-0.4, -0.2) is 68.1 Å². The summed E-state index contributed by atoms with van der Waals surface area (Å²) in [5.74, 6) is -0.154. The molecule has 0 saturated carbocycles. The van der Waals surface area contributed by atoms with Gasteiger partial charge in [-0.25, -0.2) is 22.9 Å². The Hall–Kier alpha value is -6.03. The van der Waals surface area contributed by atoms with E-state index in [9.17, 15) is 14.4 Å². The average Bonchev–Trinajstić information content (AvgIpc) is 3.56. The summed E-state index contributed by atoms with van der Waals surface area (Å²) in [7, 11) is 6.67. The monoisotopic (exact) mass is 814 g/mol. The van der Waals surface area contributed by atoms with Gasteiger partial charge < -0.3 is 30.6 Å². The van der Waals surface area contributed by atoms with Crippen LogP contribution in [0.3, 0.4) is 0 Å². The minimum absolute atomic E-state index is 0.258. The number of fused-ring (bicyclic) bond motifs is 1. The van der Waals surface area contributed by atoms with Gasteiger partial charge in [0, 0.05) is 48.6 Å². The van der Waals surface area contributed by atoms with Crippen LogP contribution in [0.25, 0.3) is 26.3 Å². The number of hydrogen-bond acceptors (Lipinski definition) is 9. The predicted octanol–water partition coefficient (Wildman–Crippen LogP) is 7.33. The van der Waals surface area contributed by atoms with E-state index in [2.05, 4.69) is 10.6 Å². The first-order valence-electron chi connectivity index (χ1n) is 18.4. The van der Waals surface area contributed by atoms with Crippen molar-refractivity contribution in [3.63, 3.8) is 0 Å². The topological polar surface area (TPSA) is 142 Å². The fourth-order valence-corrected chi connectivity index (χ4v) is 7.70. The average molecular weight is 815 g/mol. The van der Waals surface area contributed by atoms with Crippen molar-refractivity contribution in [3.8, 4) is 27.6 Å². The third-order valence-corrected chi connectivity index (χ3v) is 10.7. The number of aromatic nitrogens is 2. The number of anilines is 2. The molecule has 0 atom stereocenters. The molecule has 0 aliphatic carbocycles. The van der Waals surface area contributed by atoms with Crippen molar-refractivity contribution in [1.82, 2.24) is 19.4 Å². The first-order valence-corrected chi connectivity index (χ1v) is 19.2. The number of nitrogens with zero attached hydrogens (tertiary/aromatic N) is 3. The normalized spacial score (nSPS) is 11.0. The van der Waals surface area contributed by atoms with Gasteiger partial charge in [-0.15, -0.1) is 11.3 Å². The van der Waals surface area contributed by atoms with Gasteiger partial charge in [-0.05, 0) is 111 Å². The number of carbonyl (C=O) groups excluding carboxylic acids is 1. The molecule has 6 rings (SSSR count). The van der Waals surface area contributed by atoms with Gasteiger partial charge in [0.05, 0.1) is 38.4 Å². The van der Waals surface area contributed by atoms with Crippen molar-refractivity contribution >= 4 is 39.0 Å². The maximum absolute atomic E-state index is 15.0. The molecule has 0 aliphatic heterocycles. The Balaban J connectivity index is 0.000000559. The summed E-state index contributed by atoms with van der Waals surface area (Å²) in [6.45, 7) is 6.91. The second kappa shape index (κ2) is 19.4. The lowest BCUT2D eigenvalue weighted by Gasteiger charge is -2.18. The van der Waals surface area contributed by atoms with Crippen LogP contribution in [-0.2, 0) is 17.8 Å². The van der Waals surface area contributed by atoms with Crippen LogP contribution in [0.15, 0.2) is 88.5 Å². The summed E-state index contributed by atoms with van der Waals surface area (Å²) < 4.78 is 48.1. The van der Waals surface area contributed by atoms with E-state index in [1.807, 2.05) is 56.1 Å². The van der Waals surface area contributed by atoms with Crippen molar-refractivity contribution in [3.05, 3.63) is 134 Å². The molecule has 306 valence electrons. The van der Waals surface area contributed by atoms with E-state index in [4.69, 9.17) is 19.9 Å². The van der Waals surface area contributed by atoms with Gasteiger partial charge in [0.15, 0.2) is 0 Å². The maximum atomic E-state index is 15.0. The maximum Gasteiger partial charge on any atom is 0.337 e. The Labute approximate surface area is 339 Å². The van der Waals surface area contributed by atoms with Crippen molar-refractivity contribution in [1.29, 1.82) is 0 Å². The first kappa shape index (κ1) is 43.1. The number of nitrogens with two attached hydrogens (primary N) is 1. The molecule has 6 aromatic rings. The Bertz CT molecular complexity index is 2500. The molecule has 4 aromatic carbocycles. The molecule has 0 aliphatic rings. The largest absolute Gasteiger partial charge is 0.496 e. The standard InChI is InChI=1S/C35H37F2N5O5S.C8H11NO/c1-6-38-34(44)39-23-12-10-22(11-13-23)31-26(19-40(3)16-17-46-4)30-32(43)42(24-14-15-29(47-5)21(2)18-24)35(45)41(33(30)48-31)20-25-27(36)8-7-9-28(25)37;1-6-5-7(9)3-4-8(6)10-2/h7-15,18H,6,16-17,19-20H2,1-5H3,(H2,38,39,44);3-5H,9H2,1-2H3. The summed E-state index contributed by atoms with van der Waals surface area (Å²) >= 11 is 1.20. The summed E-state index contributed by atoms with van der Waals surface area (Å²) in [5.41, 5.74) is 8.70. The number of amides is 2. The van der Waals surface area contributed by atoms with Gasteiger partial charge in [0.1, 0.15) is 28.0 Å². The molecule has 0 bridgehead atoms. The van der Waals surface area contributed by atoms with Gasteiger partial charge in [0.25, 0.3) is 5.56 Å². The number of aryl methyl sites for hydroxylation is 2.